The van der Waals surface area contributed by atoms with Gasteiger partial charge in [-0.1, -0.05) is 206 Å². The number of hydrogen-bond acceptors (Lipinski definition) is 4. The van der Waals surface area contributed by atoms with Gasteiger partial charge in [0.15, 0.2) is 0 Å². The van der Waals surface area contributed by atoms with Gasteiger partial charge in [-0.15, -0.1) is 0 Å². The van der Waals surface area contributed by atoms with Crippen LogP contribution >= 0.6 is 0 Å². The van der Waals surface area contributed by atoms with E-state index in [9.17, 15) is 0 Å². The van der Waals surface area contributed by atoms with Crippen LogP contribution in [0.15, 0.2) is 204 Å². The Bertz CT molecular complexity index is 3210. The molecule has 1 aliphatic carbocycles. The van der Waals surface area contributed by atoms with Gasteiger partial charge in [-0.3, -0.25) is 9.98 Å². The van der Waals surface area contributed by atoms with Gasteiger partial charge in [-0.05, 0) is 124 Å². The molecule has 6 heteroatoms. The number of hydrogen-bond donors (Lipinski definition) is 0. The standard InChI is InChI=1S/C60H46N2O2.Al.ClH/c63-59-45(35-43-23-9-13-27-49(43)57(59)55-47-25-11-7-21-41(47)31-33-51(55)39-17-3-1-4-18-39)37-61-53-29-15-16-30-54(53)62-38-46-36-44-24-10-14-28-50(44)58(60(46)64)56-48-26-12-8-22-42(48)32-34-52(56)40-19-5-2-6-20-40;;/h1-14,17-28,31-38,53-54,63-64H,15-16,29-30H2;;1H/q;+3;/p-3/t53-,54-;;/m0../s1. The van der Waals surface area contributed by atoms with E-state index >= 15 is 10.2 Å². The molecule has 0 aliphatic heterocycles. The fourth-order valence-electron chi connectivity index (χ4n) is 9.98. The average Bonchev–Trinajstić information content (AvgIpc) is 3.35. The predicted octanol–water partition coefficient (Wildman–Crippen LogP) is 10.6. The molecule has 316 valence electrons. The maximum absolute atomic E-state index is 15.0. The van der Waals surface area contributed by atoms with Crippen molar-refractivity contribution < 1.29 is 22.6 Å². The molecule has 11 rings (SSSR count). The van der Waals surface area contributed by atoms with Gasteiger partial charge < -0.3 is 22.6 Å². The molecule has 0 N–H and O–H groups in total. The van der Waals surface area contributed by atoms with Gasteiger partial charge >= 0.3 is 17.4 Å². The van der Waals surface area contributed by atoms with Crippen molar-refractivity contribution in [2.75, 3.05) is 0 Å². The first-order chi connectivity index (χ1) is 31.6. The van der Waals surface area contributed by atoms with Crippen molar-refractivity contribution >= 4 is 72.9 Å². The summed E-state index contributed by atoms with van der Waals surface area (Å²) in [6, 6.07) is 65.8. The predicted molar refractivity (Wildman–Crippen MR) is 271 cm³/mol. The molecule has 0 spiro atoms. The summed E-state index contributed by atoms with van der Waals surface area (Å²) in [5.41, 5.74) is 8.50. The third-order valence-electron chi connectivity index (χ3n) is 13.1. The van der Waals surface area contributed by atoms with Crippen molar-refractivity contribution in [1.82, 2.24) is 0 Å². The maximum atomic E-state index is 15.0. The minimum atomic E-state index is -0.144. The topological polar surface area (TPSA) is 70.8 Å². The van der Waals surface area contributed by atoms with Crippen LogP contribution in [0.2, 0.25) is 0 Å². The summed E-state index contributed by atoms with van der Waals surface area (Å²) >= 11 is 0. The Kier molecular flexibility index (Phi) is 12.9. The summed E-state index contributed by atoms with van der Waals surface area (Å²) < 4.78 is 0. The number of nitrogens with zero attached hydrogens (tertiary/aromatic N) is 2. The Hall–Kier alpha value is -7.00. The minimum absolute atomic E-state index is 0. The molecule has 0 bridgehead atoms. The molecular weight excluding hydrogens is 843 g/mol. The molecule has 0 radical (unpaired) electrons. The van der Waals surface area contributed by atoms with Crippen molar-refractivity contribution in [2.24, 2.45) is 9.98 Å². The Morgan fingerprint density at radius 3 is 1.11 bits per heavy atom. The van der Waals surface area contributed by atoms with Gasteiger partial charge in [0.05, 0.1) is 12.1 Å². The average molecular weight is 887 g/mol. The molecule has 0 saturated heterocycles. The van der Waals surface area contributed by atoms with E-state index in [1.807, 2.05) is 97.1 Å². The van der Waals surface area contributed by atoms with Crippen LogP contribution < -0.4 is 22.6 Å². The third kappa shape index (κ3) is 8.16. The maximum Gasteiger partial charge on any atom is 3.00 e. The number of aliphatic imine (C=N–C) groups is 2. The Morgan fingerprint density at radius 1 is 0.379 bits per heavy atom. The number of fused-ring (bicyclic) bond motifs is 4. The molecule has 1 saturated carbocycles. The first-order valence-electron chi connectivity index (χ1n) is 22.3. The zero-order chi connectivity index (χ0) is 43.0. The van der Waals surface area contributed by atoms with Gasteiger partial charge in [-0.2, -0.15) is 0 Å². The third-order valence-corrected chi connectivity index (χ3v) is 13.1. The number of benzene rings is 10. The van der Waals surface area contributed by atoms with Crippen molar-refractivity contribution in [1.29, 1.82) is 0 Å². The fourth-order valence-corrected chi connectivity index (χ4v) is 9.98. The molecular formula is C60H44AlClN2O2. The minimum Gasteiger partial charge on any atom is -1.00 e. The van der Waals surface area contributed by atoms with Gasteiger partial charge in [0.1, 0.15) is 0 Å². The van der Waals surface area contributed by atoms with Crippen molar-refractivity contribution in [3.05, 3.63) is 205 Å². The Morgan fingerprint density at radius 2 is 0.712 bits per heavy atom. The first-order valence-corrected chi connectivity index (χ1v) is 22.3. The largest absolute Gasteiger partial charge is 3.00 e. The van der Waals surface area contributed by atoms with Crippen molar-refractivity contribution in [3.63, 3.8) is 0 Å². The fraction of sp³-hybridized carbons (Fsp3) is 0.100. The van der Waals surface area contributed by atoms with E-state index in [2.05, 4.69) is 97.1 Å². The van der Waals surface area contributed by atoms with Crippen LogP contribution in [0.1, 0.15) is 36.8 Å². The van der Waals surface area contributed by atoms with E-state index in [0.29, 0.717) is 22.3 Å². The van der Waals surface area contributed by atoms with E-state index in [1.54, 1.807) is 12.4 Å². The Balaban J connectivity index is 0.00000274. The molecule has 0 unspecified atom stereocenters. The molecule has 0 amide bonds. The summed E-state index contributed by atoms with van der Waals surface area (Å²) in [4.78, 5) is 10.4. The van der Waals surface area contributed by atoms with Gasteiger partial charge in [0, 0.05) is 12.4 Å². The molecule has 1 fully saturated rings. The molecule has 4 nitrogen and oxygen atoms in total. The van der Waals surface area contributed by atoms with Gasteiger partial charge in [-0.25, -0.2) is 0 Å². The monoisotopic (exact) mass is 886 g/mol. The number of halogens is 1. The van der Waals surface area contributed by atoms with E-state index in [0.717, 1.165) is 102 Å². The molecule has 0 aromatic heterocycles. The number of rotatable bonds is 8. The summed E-state index contributed by atoms with van der Waals surface area (Å²) in [7, 11) is 0. The Labute approximate surface area is 402 Å². The normalized spacial score (nSPS) is 15.1. The summed E-state index contributed by atoms with van der Waals surface area (Å²) in [5.74, 6) is -0.0929. The second kappa shape index (κ2) is 19.2. The van der Waals surface area contributed by atoms with E-state index < -0.39 is 0 Å². The van der Waals surface area contributed by atoms with Crippen LogP contribution in [0.25, 0.3) is 87.6 Å². The van der Waals surface area contributed by atoms with Gasteiger partial charge in [0.2, 0.25) is 0 Å². The van der Waals surface area contributed by atoms with Crippen LogP contribution in [0.3, 0.4) is 0 Å². The summed E-state index contributed by atoms with van der Waals surface area (Å²) in [5, 5.41) is 38.1. The van der Waals surface area contributed by atoms with E-state index in [-0.39, 0.29) is 53.4 Å². The molecule has 66 heavy (non-hydrogen) atoms. The van der Waals surface area contributed by atoms with E-state index in [4.69, 9.17) is 9.98 Å². The zero-order valence-electron chi connectivity index (χ0n) is 36.3. The smallest absolute Gasteiger partial charge is 1.00 e. The molecule has 1 aliphatic rings. The summed E-state index contributed by atoms with van der Waals surface area (Å²) in [6.45, 7) is 0. The molecule has 10 aromatic carbocycles. The van der Waals surface area contributed by atoms with Crippen molar-refractivity contribution in [2.45, 2.75) is 37.8 Å². The molecule has 10 aromatic rings. The SMILES string of the molecule is [Al+3].[Cl-].[O-]c1c(C=N[C@H]2CCCC[C@@H]2N=Cc2cc3ccccc3c(-c3c(-c4ccccc4)ccc4ccccc34)c2[O-])cc2ccccc2c1-c1c(-c2ccccc2)ccc2ccccc12. The van der Waals surface area contributed by atoms with Crippen LogP contribution in [-0.2, 0) is 0 Å². The van der Waals surface area contributed by atoms with E-state index in [1.165, 1.54) is 0 Å². The quantitative estimate of drug-likeness (QED) is 0.113. The van der Waals surface area contributed by atoms with Crippen LogP contribution in [0.4, 0.5) is 0 Å². The zero-order valence-corrected chi connectivity index (χ0v) is 38.2. The van der Waals surface area contributed by atoms with Crippen LogP contribution in [0.5, 0.6) is 11.5 Å². The molecule has 0 heterocycles. The second-order valence-electron chi connectivity index (χ2n) is 16.9. The van der Waals surface area contributed by atoms with Crippen LogP contribution in [0, 0.1) is 0 Å². The summed E-state index contributed by atoms with van der Waals surface area (Å²) in [6.07, 6.45) is 7.32. The van der Waals surface area contributed by atoms with Crippen molar-refractivity contribution in [3.8, 4) is 56.0 Å². The first kappa shape index (κ1) is 44.2. The van der Waals surface area contributed by atoms with Crippen LogP contribution in [-0.4, -0.2) is 41.9 Å². The van der Waals surface area contributed by atoms with Gasteiger partial charge in [0.25, 0.3) is 0 Å². The molecule has 2 atom stereocenters. The second-order valence-corrected chi connectivity index (χ2v) is 16.9.